The van der Waals surface area contributed by atoms with Crippen LogP contribution >= 0.6 is 0 Å². The van der Waals surface area contributed by atoms with Gasteiger partial charge in [0.2, 0.25) is 10.0 Å². The van der Waals surface area contributed by atoms with E-state index in [1.54, 1.807) is 4.90 Å². The lowest BCUT2D eigenvalue weighted by atomic mass is 9.98. The number of ether oxygens (including phenoxy) is 1. The number of aromatic nitrogens is 2. The molecule has 0 spiro atoms. The van der Waals surface area contributed by atoms with Crippen LogP contribution in [0.15, 0.2) is 32.7 Å². The summed E-state index contributed by atoms with van der Waals surface area (Å²) in [6, 6.07) is 3.99. The Morgan fingerprint density at radius 1 is 1.24 bits per heavy atom. The standard InChI is InChI=1S/C22H32N4O6S/c1-14(2)26(21(29)32-22(3,4)5)13-15-7-6-10-25(12-15)33(30,31)16-8-9-18-17(11-16)19(27)24-20(28)23-18/h8-9,11,14-15H,6-7,10,12-13H2,1-5H3,(H2,23,24,27,28). The van der Waals surface area contributed by atoms with Gasteiger partial charge in [0.15, 0.2) is 0 Å². The average molecular weight is 481 g/mol. The van der Waals surface area contributed by atoms with Gasteiger partial charge in [-0.25, -0.2) is 18.0 Å². The van der Waals surface area contributed by atoms with Crippen molar-refractivity contribution < 1.29 is 17.9 Å². The Balaban J connectivity index is 1.81. The van der Waals surface area contributed by atoms with Gasteiger partial charge in [0, 0.05) is 25.7 Å². The van der Waals surface area contributed by atoms with Gasteiger partial charge in [-0.2, -0.15) is 4.31 Å². The molecule has 1 aliphatic rings. The van der Waals surface area contributed by atoms with E-state index < -0.39 is 33.0 Å². The molecule has 0 bridgehead atoms. The van der Waals surface area contributed by atoms with Gasteiger partial charge >= 0.3 is 11.8 Å². The Hall–Kier alpha value is -2.66. The maximum atomic E-state index is 13.3. The van der Waals surface area contributed by atoms with Gasteiger partial charge < -0.3 is 14.6 Å². The summed E-state index contributed by atoms with van der Waals surface area (Å²) in [5, 5.41) is 0.0974. The first kappa shape index (κ1) is 25.0. The van der Waals surface area contributed by atoms with E-state index in [0.717, 1.165) is 6.42 Å². The summed E-state index contributed by atoms with van der Waals surface area (Å²) in [4.78, 5) is 42.5. The van der Waals surface area contributed by atoms with Crippen molar-refractivity contribution in [3.63, 3.8) is 0 Å². The van der Waals surface area contributed by atoms with E-state index in [1.807, 2.05) is 34.6 Å². The van der Waals surface area contributed by atoms with Crippen LogP contribution in [-0.2, 0) is 14.8 Å². The van der Waals surface area contributed by atoms with E-state index in [1.165, 1.54) is 22.5 Å². The SMILES string of the molecule is CC(C)N(CC1CCCN(S(=O)(=O)c2ccc3[nH]c(=O)[nH]c(=O)c3c2)C1)C(=O)OC(C)(C)C. The molecule has 1 unspecified atom stereocenters. The van der Waals surface area contributed by atoms with Crippen LogP contribution in [0.5, 0.6) is 0 Å². The number of nitrogens with zero attached hydrogens (tertiary/aromatic N) is 2. The fourth-order valence-electron chi connectivity index (χ4n) is 3.94. The van der Waals surface area contributed by atoms with Crippen LogP contribution in [0.3, 0.4) is 0 Å². The molecule has 10 nitrogen and oxygen atoms in total. The molecule has 0 saturated carbocycles. The van der Waals surface area contributed by atoms with Crippen molar-refractivity contribution in [3.8, 4) is 0 Å². The number of nitrogens with one attached hydrogen (secondary N) is 2. The number of hydrogen-bond donors (Lipinski definition) is 2. The molecule has 1 aromatic carbocycles. The monoisotopic (exact) mass is 480 g/mol. The van der Waals surface area contributed by atoms with E-state index in [4.69, 9.17) is 4.74 Å². The minimum absolute atomic E-state index is 0.0129. The Morgan fingerprint density at radius 2 is 1.94 bits per heavy atom. The molecule has 1 amide bonds. The Kier molecular flexibility index (Phi) is 7.04. The molecule has 1 aromatic heterocycles. The lowest BCUT2D eigenvalue weighted by molar-refractivity contribution is 0.0138. The molecule has 1 aliphatic heterocycles. The first-order valence-electron chi connectivity index (χ1n) is 11.0. The van der Waals surface area contributed by atoms with Gasteiger partial charge in [-0.1, -0.05) is 0 Å². The Bertz CT molecular complexity index is 1240. The van der Waals surface area contributed by atoms with Crippen molar-refractivity contribution in [1.82, 2.24) is 19.2 Å². The van der Waals surface area contributed by atoms with E-state index in [2.05, 4.69) is 9.97 Å². The molecule has 1 atom stereocenters. The number of rotatable bonds is 5. The molecular formula is C22H32N4O6S. The van der Waals surface area contributed by atoms with Crippen LogP contribution in [0.25, 0.3) is 10.9 Å². The normalized spacial score (nSPS) is 17.9. The van der Waals surface area contributed by atoms with Crippen LogP contribution < -0.4 is 11.2 Å². The summed E-state index contributed by atoms with van der Waals surface area (Å²) in [7, 11) is -3.86. The molecule has 3 rings (SSSR count). The quantitative estimate of drug-likeness (QED) is 0.675. The summed E-state index contributed by atoms with van der Waals surface area (Å²) >= 11 is 0. The number of carbonyl (C=O) groups excluding carboxylic acids is 1. The molecule has 33 heavy (non-hydrogen) atoms. The summed E-state index contributed by atoms with van der Waals surface area (Å²) in [6.07, 6.45) is 1.03. The highest BCUT2D eigenvalue weighted by molar-refractivity contribution is 7.89. The second-order valence-electron chi connectivity index (χ2n) is 9.71. The van der Waals surface area contributed by atoms with Crippen molar-refractivity contribution in [1.29, 1.82) is 0 Å². The Morgan fingerprint density at radius 3 is 2.58 bits per heavy atom. The predicted octanol–water partition coefficient (Wildman–Crippen LogP) is 2.26. The van der Waals surface area contributed by atoms with E-state index >= 15 is 0 Å². The molecule has 1 fully saturated rings. The molecule has 0 aliphatic carbocycles. The fourth-order valence-corrected chi connectivity index (χ4v) is 5.52. The third-order valence-electron chi connectivity index (χ3n) is 5.54. The van der Waals surface area contributed by atoms with Crippen LogP contribution in [0.4, 0.5) is 4.79 Å². The minimum Gasteiger partial charge on any atom is -0.444 e. The van der Waals surface area contributed by atoms with Gasteiger partial charge in [0.25, 0.3) is 5.56 Å². The lowest BCUT2D eigenvalue weighted by Crippen LogP contribution is -2.48. The maximum absolute atomic E-state index is 13.3. The zero-order valence-corrected chi connectivity index (χ0v) is 20.5. The highest BCUT2D eigenvalue weighted by Gasteiger charge is 2.33. The van der Waals surface area contributed by atoms with Gasteiger partial charge in [-0.15, -0.1) is 0 Å². The zero-order valence-electron chi connectivity index (χ0n) is 19.7. The number of piperidine rings is 1. The largest absolute Gasteiger partial charge is 0.444 e. The molecule has 0 radical (unpaired) electrons. The topological polar surface area (TPSA) is 133 Å². The zero-order chi connectivity index (χ0) is 24.6. The highest BCUT2D eigenvalue weighted by atomic mass is 32.2. The van der Waals surface area contributed by atoms with Crippen LogP contribution in [0.2, 0.25) is 0 Å². The van der Waals surface area contributed by atoms with Gasteiger partial charge in [-0.05, 0) is 71.6 Å². The van der Waals surface area contributed by atoms with Gasteiger partial charge in [0.1, 0.15) is 5.60 Å². The average Bonchev–Trinajstić information content (AvgIpc) is 2.70. The number of H-pyrrole nitrogens is 2. The second-order valence-corrected chi connectivity index (χ2v) is 11.7. The fraction of sp³-hybridized carbons (Fsp3) is 0.591. The number of aromatic amines is 2. The third kappa shape index (κ3) is 5.83. The van der Waals surface area contributed by atoms with Crippen LogP contribution in [-0.4, -0.2) is 65.0 Å². The first-order valence-corrected chi connectivity index (χ1v) is 12.5. The van der Waals surface area contributed by atoms with Crippen LogP contribution in [0, 0.1) is 5.92 Å². The number of amides is 1. The molecular weight excluding hydrogens is 448 g/mol. The summed E-state index contributed by atoms with van der Waals surface area (Å²) in [5.74, 6) is -0.0522. The van der Waals surface area contributed by atoms with Crippen molar-refractivity contribution in [2.45, 2.75) is 64.0 Å². The number of sulfonamides is 1. The molecule has 2 heterocycles. The van der Waals surface area contributed by atoms with E-state index in [0.29, 0.717) is 19.5 Å². The van der Waals surface area contributed by atoms with Crippen molar-refractivity contribution in [2.75, 3.05) is 19.6 Å². The first-order chi connectivity index (χ1) is 15.3. The predicted molar refractivity (Wildman–Crippen MR) is 125 cm³/mol. The molecule has 2 N–H and O–H groups in total. The number of hydrogen-bond acceptors (Lipinski definition) is 6. The molecule has 182 valence electrons. The number of benzene rings is 1. The number of fused-ring (bicyclic) bond motifs is 1. The molecule has 11 heteroatoms. The summed E-state index contributed by atoms with van der Waals surface area (Å²) in [5.41, 5.74) is -1.65. The van der Waals surface area contributed by atoms with Crippen molar-refractivity contribution in [2.24, 2.45) is 5.92 Å². The number of carbonyl (C=O) groups is 1. The van der Waals surface area contributed by atoms with Crippen molar-refractivity contribution in [3.05, 3.63) is 39.0 Å². The van der Waals surface area contributed by atoms with Gasteiger partial charge in [0.05, 0.1) is 15.8 Å². The highest BCUT2D eigenvalue weighted by Crippen LogP contribution is 2.26. The molecule has 1 saturated heterocycles. The lowest BCUT2D eigenvalue weighted by Gasteiger charge is -2.37. The second kappa shape index (κ2) is 9.30. The Labute approximate surface area is 193 Å². The van der Waals surface area contributed by atoms with Crippen molar-refractivity contribution >= 4 is 27.0 Å². The van der Waals surface area contributed by atoms with Crippen LogP contribution in [0.1, 0.15) is 47.5 Å². The summed E-state index contributed by atoms with van der Waals surface area (Å²) in [6.45, 7) is 10.2. The summed E-state index contributed by atoms with van der Waals surface area (Å²) < 4.78 is 33.6. The minimum atomic E-state index is -3.86. The van der Waals surface area contributed by atoms with E-state index in [-0.39, 0.29) is 34.3 Å². The smallest absolute Gasteiger partial charge is 0.410 e. The third-order valence-corrected chi connectivity index (χ3v) is 7.40. The van der Waals surface area contributed by atoms with E-state index in [9.17, 15) is 22.8 Å². The maximum Gasteiger partial charge on any atom is 0.410 e. The van der Waals surface area contributed by atoms with Gasteiger partial charge in [-0.3, -0.25) is 9.78 Å². The molecule has 2 aromatic rings.